The highest BCUT2D eigenvalue weighted by molar-refractivity contribution is 5.42. The number of benzene rings is 1. The van der Waals surface area contributed by atoms with Gasteiger partial charge in [0.05, 0.1) is 13.8 Å². The molecule has 0 unspecified atom stereocenters. The first-order valence-electron chi connectivity index (χ1n) is 4.78. The maximum Gasteiger partial charge on any atom is 0.122 e. The summed E-state index contributed by atoms with van der Waals surface area (Å²) >= 11 is 0. The molecular weight excluding hydrogens is 179 g/mol. The van der Waals surface area contributed by atoms with Crippen molar-refractivity contribution >= 4 is 0 Å². The van der Waals surface area contributed by atoms with Gasteiger partial charge in [-0.25, -0.2) is 0 Å². The first-order chi connectivity index (χ1) is 6.72. The third-order valence-corrected chi connectivity index (χ3v) is 2.36. The van der Waals surface area contributed by atoms with Crippen LogP contribution in [0.15, 0.2) is 18.2 Å². The minimum Gasteiger partial charge on any atom is -0.496 e. The Kier molecular flexibility index (Phi) is 3.93. The van der Waals surface area contributed by atoms with Gasteiger partial charge in [0.15, 0.2) is 0 Å². The molecule has 0 aromatic heterocycles. The van der Waals surface area contributed by atoms with E-state index in [2.05, 4.69) is 6.92 Å². The number of alkyl halides is 1. The normalized spacial score (nSPS) is 10.6. The molecule has 0 saturated heterocycles. The molecule has 77 valence electrons. The molecule has 0 bridgehead atoms. The quantitative estimate of drug-likeness (QED) is 0.717. The second-order valence-electron chi connectivity index (χ2n) is 3.29. The molecule has 0 atom stereocenters. The third kappa shape index (κ3) is 2.25. The Balaban J connectivity index is 3.01. The van der Waals surface area contributed by atoms with Crippen LogP contribution in [0.5, 0.6) is 5.75 Å². The molecule has 0 aliphatic heterocycles. The Morgan fingerprint density at radius 3 is 2.64 bits per heavy atom. The molecule has 2 heteroatoms. The van der Waals surface area contributed by atoms with Gasteiger partial charge >= 0.3 is 0 Å². The van der Waals surface area contributed by atoms with Crippen LogP contribution in [-0.2, 0) is 6.42 Å². The zero-order valence-electron chi connectivity index (χ0n) is 8.93. The van der Waals surface area contributed by atoms with Gasteiger partial charge in [-0.2, -0.15) is 0 Å². The van der Waals surface area contributed by atoms with Gasteiger partial charge in [-0.3, -0.25) is 4.39 Å². The molecule has 0 heterocycles. The molecular formula is C12H16FO. The van der Waals surface area contributed by atoms with E-state index in [1.807, 2.05) is 18.2 Å². The largest absolute Gasteiger partial charge is 0.496 e. The Hall–Kier alpha value is -1.05. The van der Waals surface area contributed by atoms with Gasteiger partial charge < -0.3 is 4.74 Å². The van der Waals surface area contributed by atoms with Crippen LogP contribution < -0.4 is 4.74 Å². The van der Waals surface area contributed by atoms with Crippen molar-refractivity contribution in [3.05, 3.63) is 35.2 Å². The minimum absolute atomic E-state index is 0.408. The first-order valence-corrected chi connectivity index (χ1v) is 4.78. The highest BCUT2D eigenvalue weighted by atomic mass is 19.1. The topological polar surface area (TPSA) is 9.23 Å². The summed E-state index contributed by atoms with van der Waals surface area (Å²) in [5.74, 6) is 1.59. The Morgan fingerprint density at radius 1 is 1.43 bits per heavy atom. The van der Waals surface area contributed by atoms with Gasteiger partial charge in [0, 0.05) is 5.92 Å². The van der Waals surface area contributed by atoms with E-state index in [1.54, 1.807) is 14.0 Å². The lowest BCUT2D eigenvalue weighted by molar-refractivity contribution is 0.409. The molecule has 0 saturated carbocycles. The van der Waals surface area contributed by atoms with Crippen molar-refractivity contribution in [3.8, 4) is 5.75 Å². The van der Waals surface area contributed by atoms with Crippen molar-refractivity contribution in [2.24, 2.45) is 0 Å². The molecule has 14 heavy (non-hydrogen) atoms. The summed E-state index contributed by atoms with van der Waals surface area (Å²) < 4.78 is 17.6. The van der Waals surface area contributed by atoms with Crippen LogP contribution in [0.3, 0.4) is 0 Å². The summed E-state index contributed by atoms with van der Waals surface area (Å²) in [7, 11) is 1.64. The van der Waals surface area contributed by atoms with Gasteiger partial charge in [-0.05, 0) is 23.6 Å². The minimum atomic E-state index is -0.408. The Labute approximate surface area is 84.9 Å². The highest BCUT2D eigenvalue weighted by Gasteiger charge is 2.08. The maximum atomic E-state index is 12.4. The maximum absolute atomic E-state index is 12.4. The van der Waals surface area contributed by atoms with Crippen LogP contribution >= 0.6 is 0 Å². The molecule has 0 amide bonds. The van der Waals surface area contributed by atoms with Gasteiger partial charge in [-0.1, -0.05) is 26.0 Å². The number of methoxy groups -OCH3 is 1. The van der Waals surface area contributed by atoms with Gasteiger partial charge in [0.1, 0.15) is 5.75 Å². The lowest BCUT2D eigenvalue weighted by Gasteiger charge is -2.11. The number of rotatable bonds is 4. The van der Waals surface area contributed by atoms with E-state index in [9.17, 15) is 4.39 Å². The summed E-state index contributed by atoms with van der Waals surface area (Å²) in [6.45, 7) is 3.46. The van der Waals surface area contributed by atoms with Crippen LogP contribution in [0.4, 0.5) is 4.39 Å². The molecule has 1 rings (SSSR count). The predicted octanol–water partition coefficient (Wildman–Crippen LogP) is 3.17. The molecule has 0 aliphatic carbocycles. The number of ether oxygens (including phenoxy) is 1. The van der Waals surface area contributed by atoms with Crippen molar-refractivity contribution < 1.29 is 9.13 Å². The summed E-state index contributed by atoms with van der Waals surface area (Å²) in [4.78, 5) is 0. The number of hydrogen-bond donors (Lipinski definition) is 0. The average Bonchev–Trinajstić information content (AvgIpc) is 2.26. The molecule has 1 radical (unpaired) electrons. The molecule has 0 spiro atoms. The van der Waals surface area contributed by atoms with E-state index in [-0.39, 0.29) is 0 Å². The van der Waals surface area contributed by atoms with Crippen molar-refractivity contribution in [2.45, 2.75) is 20.3 Å². The van der Waals surface area contributed by atoms with E-state index in [4.69, 9.17) is 4.74 Å². The van der Waals surface area contributed by atoms with Gasteiger partial charge in [0.25, 0.3) is 0 Å². The predicted molar refractivity (Wildman–Crippen MR) is 56.4 cm³/mol. The van der Waals surface area contributed by atoms with Crippen molar-refractivity contribution in [3.63, 3.8) is 0 Å². The molecule has 0 fully saturated rings. The second-order valence-corrected chi connectivity index (χ2v) is 3.29. The monoisotopic (exact) mass is 195 g/mol. The number of hydrogen-bond acceptors (Lipinski definition) is 1. The van der Waals surface area contributed by atoms with Gasteiger partial charge in [0.2, 0.25) is 0 Å². The molecule has 1 aromatic rings. The fourth-order valence-electron chi connectivity index (χ4n) is 1.38. The average molecular weight is 195 g/mol. The van der Waals surface area contributed by atoms with Crippen LogP contribution in [0, 0.1) is 5.92 Å². The molecule has 0 N–H and O–H groups in total. The smallest absolute Gasteiger partial charge is 0.122 e. The molecule has 1 aromatic carbocycles. The Bertz CT molecular complexity index is 296. The van der Waals surface area contributed by atoms with E-state index >= 15 is 0 Å². The van der Waals surface area contributed by atoms with Crippen molar-refractivity contribution in [1.29, 1.82) is 0 Å². The van der Waals surface area contributed by atoms with E-state index in [0.717, 1.165) is 29.2 Å². The fraction of sp³-hybridized carbons (Fsp3) is 0.417. The zero-order valence-corrected chi connectivity index (χ0v) is 8.93. The van der Waals surface area contributed by atoms with Crippen LogP contribution in [0.2, 0.25) is 0 Å². The summed E-state index contributed by atoms with van der Waals surface area (Å²) in [6, 6.07) is 5.83. The SMILES string of the molecule is CCc1ccc([C](C)CF)cc1OC. The fourth-order valence-corrected chi connectivity index (χ4v) is 1.38. The standard InChI is InChI=1S/C12H16FO/c1-4-10-5-6-11(9(2)8-13)7-12(10)14-3/h5-7H,4,8H2,1-3H3. The summed E-state index contributed by atoms with van der Waals surface area (Å²) in [6.07, 6.45) is 0.929. The second kappa shape index (κ2) is 4.99. The Morgan fingerprint density at radius 2 is 2.14 bits per heavy atom. The van der Waals surface area contributed by atoms with Crippen molar-refractivity contribution in [2.75, 3.05) is 13.8 Å². The van der Waals surface area contributed by atoms with Crippen LogP contribution in [-0.4, -0.2) is 13.8 Å². The first kappa shape index (κ1) is 11.0. The third-order valence-electron chi connectivity index (χ3n) is 2.36. The van der Waals surface area contributed by atoms with Gasteiger partial charge in [-0.15, -0.1) is 0 Å². The number of aryl methyl sites for hydroxylation is 1. The van der Waals surface area contributed by atoms with Crippen LogP contribution in [0.1, 0.15) is 25.0 Å². The van der Waals surface area contributed by atoms with E-state index in [1.165, 1.54) is 0 Å². The van der Waals surface area contributed by atoms with Crippen LogP contribution in [0.25, 0.3) is 0 Å². The molecule has 1 nitrogen and oxygen atoms in total. The zero-order chi connectivity index (χ0) is 10.6. The number of halogens is 1. The van der Waals surface area contributed by atoms with Crippen molar-refractivity contribution in [1.82, 2.24) is 0 Å². The lowest BCUT2D eigenvalue weighted by atomic mass is 9.99. The lowest BCUT2D eigenvalue weighted by Crippen LogP contribution is -1.99. The summed E-state index contributed by atoms with van der Waals surface area (Å²) in [5, 5.41) is 0. The summed E-state index contributed by atoms with van der Waals surface area (Å²) in [5.41, 5.74) is 2.07. The van der Waals surface area contributed by atoms with E-state index < -0.39 is 6.67 Å². The highest BCUT2D eigenvalue weighted by Crippen LogP contribution is 2.24. The molecule has 0 aliphatic rings. The van der Waals surface area contributed by atoms with E-state index in [0.29, 0.717) is 0 Å².